The average Bonchev–Trinajstić information content (AvgIpc) is 3.13. The normalized spacial score (nSPS) is 13.5. The summed E-state index contributed by atoms with van der Waals surface area (Å²) >= 11 is 0. The van der Waals surface area contributed by atoms with E-state index in [4.69, 9.17) is 18.9 Å². The van der Waals surface area contributed by atoms with Crippen LogP contribution in [0.5, 0.6) is 23.0 Å². The summed E-state index contributed by atoms with van der Waals surface area (Å²) in [6.45, 7) is 2.09. The van der Waals surface area contributed by atoms with Crippen molar-refractivity contribution >= 4 is 17.8 Å². The van der Waals surface area contributed by atoms with Crippen molar-refractivity contribution < 1.29 is 28.5 Å². The van der Waals surface area contributed by atoms with Crippen molar-refractivity contribution in [1.29, 1.82) is 0 Å². The number of carbonyl (C=O) groups excluding carboxylic acids is 2. The number of esters is 1. The van der Waals surface area contributed by atoms with Crippen LogP contribution in [0.4, 0.5) is 0 Å². The van der Waals surface area contributed by atoms with Crippen LogP contribution in [0.2, 0.25) is 0 Å². The number of benzene rings is 3. The first kappa shape index (κ1) is 21.2. The summed E-state index contributed by atoms with van der Waals surface area (Å²) in [5.41, 5.74) is 2.82. The molecule has 1 aliphatic rings. The van der Waals surface area contributed by atoms with Gasteiger partial charge in [-0.2, -0.15) is 0 Å². The monoisotopic (exact) mass is 430 g/mol. The Hall–Kier alpha value is -4.06. The minimum Gasteiger partial charge on any atom is -0.493 e. The number of aryl methyl sites for hydroxylation is 1. The maximum atomic E-state index is 12.7. The lowest BCUT2D eigenvalue weighted by atomic mass is 10.1. The molecule has 6 heteroatoms. The number of hydrogen-bond acceptors (Lipinski definition) is 6. The van der Waals surface area contributed by atoms with Gasteiger partial charge in [0, 0.05) is 6.07 Å². The molecular weight excluding hydrogens is 408 g/mol. The Kier molecular flexibility index (Phi) is 5.94. The minimum absolute atomic E-state index is 0.211. The Bertz CT molecular complexity index is 1210. The number of rotatable bonds is 6. The second-order valence-electron chi connectivity index (χ2n) is 7.15. The molecule has 32 heavy (non-hydrogen) atoms. The van der Waals surface area contributed by atoms with Crippen molar-refractivity contribution in [2.75, 3.05) is 14.2 Å². The van der Waals surface area contributed by atoms with Gasteiger partial charge >= 0.3 is 5.97 Å². The Morgan fingerprint density at radius 3 is 2.38 bits per heavy atom. The second kappa shape index (κ2) is 8.98. The van der Waals surface area contributed by atoms with Crippen molar-refractivity contribution in [3.63, 3.8) is 0 Å². The molecule has 162 valence electrons. The van der Waals surface area contributed by atoms with Gasteiger partial charge in [0.15, 0.2) is 17.3 Å². The van der Waals surface area contributed by atoms with Crippen LogP contribution < -0.4 is 18.9 Å². The SMILES string of the molecule is CCc1ccc(C=C2Oc3cc(OC(=O)c4ccc(OC)c(OC)c4)ccc3C2=O)cc1. The van der Waals surface area contributed by atoms with Gasteiger partial charge in [-0.15, -0.1) is 0 Å². The molecule has 0 spiro atoms. The molecule has 1 aliphatic heterocycles. The summed E-state index contributed by atoms with van der Waals surface area (Å²) in [7, 11) is 3.01. The van der Waals surface area contributed by atoms with Gasteiger partial charge in [0.2, 0.25) is 5.78 Å². The van der Waals surface area contributed by atoms with Gasteiger partial charge in [-0.25, -0.2) is 4.79 Å². The molecule has 0 saturated heterocycles. The Balaban J connectivity index is 1.52. The molecule has 4 rings (SSSR count). The molecule has 1 heterocycles. The van der Waals surface area contributed by atoms with E-state index in [-0.39, 0.29) is 17.3 Å². The summed E-state index contributed by atoms with van der Waals surface area (Å²) in [4.78, 5) is 25.2. The zero-order valence-electron chi connectivity index (χ0n) is 18.0. The molecule has 0 aromatic heterocycles. The number of Topliss-reactive ketones (excluding diaryl/α,β-unsaturated/α-hetero) is 1. The average molecular weight is 430 g/mol. The Morgan fingerprint density at radius 1 is 0.938 bits per heavy atom. The maximum Gasteiger partial charge on any atom is 0.343 e. The minimum atomic E-state index is -0.568. The molecule has 0 amide bonds. The van der Waals surface area contributed by atoms with Gasteiger partial charge in [0.05, 0.1) is 25.3 Å². The van der Waals surface area contributed by atoms with E-state index in [1.54, 1.807) is 36.4 Å². The van der Waals surface area contributed by atoms with E-state index in [1.165, 1.54) is 25.8 Å². The van der Waals surface area contributed by atoms with Gasteiger partial charge < -0.3 is 18.9 Å². The first-order valence-corrected chi connectivity index (χ1v) is 10.1. The number of methoxy groups -OCH3 is 2. The second-order valence-corrected chi connectivity index (χ2v) is 7.15. The molecule has 3 aromatic rings. The molecule has 0 N–H and O–H groups in total. The van der Waals surface area contributed by atoms with Gasteiger partial charge in [-0.3, -0.25) is 4.79 Å². The topological polar surface area (TPSA) is 71.1 Å². The molecular formula is C26H22O6. The van der Waals surface area contributed by atoms with E-state index in [2.05, 4.69) is 6.92 Å². The summed E-state index contributed by atoms with van der Waals surface area (Å²) in [6, 6.07) is 17.4. The number of carbonyl (C=O) groups is 2. The van der Waals surface area contributed by atoms with Crippen LogP contribution >= 0.6 is 0 Å². The molecule has 0 fully saturated rings. The fraction of sp³-hybridized carbons (Fsp3) is 0.154. The zero-order chi connectivity index (χ0) is 22.7. The van der Waals surface area contributed by atoms with Gasteiger partial charge in [0.25, 0.3) is 0 Å². The molecule has 0 unspecified atom stereocenters. The highest BCUT2D eigenvalue weighted by Crippen LogP contribution is 2.35. The van der Waals surface area contributed by atoms with E-state index in [0.29, 0.717) is 28.4 Å². The molecule has 0 saturated carbocycles. The molecule has 0 atom stereocenters. The Labute approximate surface area is 186 Å². The van der Waals surface area contributed by atoms with Crippen molar-refractivity contribution in [2.45, 2.75) is 13.3 Å². The third-order valence-corrected chi connectivity index (χ3v) is 5.16. The fourth-order valence-corrected chi connectivity index (χ4v) is 3.36. The zero-order valence-corrected chi connectivity index (χ0v) is 18.0. The molecule has 0 radical (unpaired) electrons. The summed E-state index contributed by atoms with van der Waals surface area (Å²) in [6.07, 6.45) is 2.65. The van der Waals surface area contributed by atoms with Crippen molar-refractivity contribution in [3.8, 4) is 23.0 Å². The van der Waals surface area contributed by atoms with Crippen LogP contribution in [0.1, 0.15) is 38.8 Å². The van der Waals surface area contributed by atoms with Crippen LogP contribution in [-0.2, 0) is 6.42 Å². The van der Waals surface area contributed by atoms with E-state index < -0.39 is 5.97 Å². The molecule has 0 aliphatic carbocycles. The summed E-state index contributed by atoms with van der Waals surface area (Å²) in [5, 5.41) is 0. The third kappa shape index (κ3) is 4.21. The first-order valence-electron chi connectivity index (χ1n) is 10.1. The highest BCUT2D eigenvalue weighted by atomic mass is 16.5. The lowest BCUT2D eigenvalue weighted by Gasteiger charge is -2.10. The highest BCUT2D eigenvalue weighted by molar-refractivity contribution is 6.14. The number of fused-ring (bicyclic) bond motifs is 1. The highest BCUT2D eigenvalue weighted by Gasteiger charge is 2.28. The van der Waals surface area contributed by atoms with E-state index in [1.807, 2.05) is 24.3 Å². The smallest absolute Gasteiger partial charge is 0.343 e. The summed E-state index contributed by atoms with van der Waals surface area (Å²) < 4.78 is 21.6. The van der Waals surface area contributed by atoms with E-state index in [0.717, 1.165) is 12.0 Å². The maximum absolute atomic E-state index is 12.7. The van der Waals surface area contributed by atoms with E-state index in [9.17, 15) is 9.59 Å². The van der Waals surface area contributed by atoms with Crippen LogP contribution in [0.15, 0.2) is 66.4 Å². The van der Waals surface area contributed by atoms with E-state index >= 15 is 0 Å². The summed E-state index contributed by atoms with van der Waals surface area (Å²) in [5.74, 6) is 1.00. The number of allylic oxidation sites excluding steroid dienone is 1. The molecule has 3 aromatic carbocycles. The molecule has 6 nitrogen and oxygen atoms in total. The lowest BCUT2D eigenvalue weighted by Crippen LogP contribution is -2.09. The van der Waals surface area contributed by atoms with Gasteiger partial charge in [-0.1, -0.05) is 31.2 Å². The van der Waals surface area contributed by atoms with Crippen LogP contribution in [-0.4, -0.2) is 26.0 Å². The van der Waals surface area contributed by atoms with Gasteiger partial charge in [0.1, 0.15) is 11.5 Å². The largest absolute Gasteiger partial charge is 0.493 e. The number of ether oxygens (including phenoxy) is 4. The number of ketones is 1. The first-order chi connectivity index (χ1) is 15.5. The lowest BCUT2D eigenvalue weighted by molar-refractivity contribution is 0.0734. The van der Waals surface area contributed by atoms with Gasteiger partial charge in [-0.05, 0) is 54.0 Å². The van der Waals surface area contributed by atoms with Crippen LogP contribution in [0.3, 0.4) is 0 Å². The fourth-order valence-electron chi connectivity index (χ4n) is 3.36. The predicted molar refractivity (Wildman–Crippen MR) is 120 cm³/mol. The molecule has 0 bridgehead atoms. The standard InChI is InChI=1S/C26H22O6/c1-4-16-5-7-17(8-6-16)13-24-25(27)20-11-10-19(15-22(20)32-24)31-26(28)18-9-12-21(29-2)23(14-18)30-3/h5-15H,4H2,1-3H3. The third-order valence-electron chi connectivity index (χ3n) is 5.16. The van der Waals surface area contributed by atoms with Crippen LogP contribution in [0, 0.1) is 0 Å². The predicted octanol–water partition coefficient (Wildman–Crippen LogP) is 5.10. The quantitative estimate of drug-likeness (QED) is 0.308. The van der Waals surface area contributed by atoms with Crippen molar-refractivity contribution in [2.24, 2.45) is 0 Å². The van der Waals surface area contributed by atoms with Crippen molar-refractivity contribution in [3.05, 3.63) is 88.7 Å². The number of hydrogen-bond donors (Lipinski definition) is 0. The Morgan fingerprint density at radius 2 is 1.69 bits per heavy atom. The van der Waals surface area contributed by atoms with Crippen LogP contribution in [0.25, 0.3) is 6.08 Å². The van der Waals surface area contributed by atoms with Crippen molar-refractivity contribution in [1.82, 2.24) is 0 Å².